The van der Waals surface area contributed by atoms with Crippen LogP contribution in [0.1, 0.15) is 75.2 Å². The predicted octanol–water partition coefficient (Wildman–Crippen LogP) is 6.23. The van der Waals surface area contributed by atoms with Crippen molar-refractivity contribution in [1.29, 1.82) is 0 Å². The quantitative estimate of drug-likeness (QED) is 0.323. The molecule has 6 rings (SSSR count). The van der Waals surface area contributed by atoms with Crippen LogP contribution in [0.15, 0.2) is 30.3 Å². The van der Waals surface area contributed by atoms with E-state index >= 15 is 0 Å². The lowest BCUT2D eigenvalue weighted by Crippen LogP contribution is -2.31. The molecule has 0 spiro atoms. The van der Waals surface area contributed by atoms with E-state index < -0.39 is 5.92 Å². The molecule has 0 radical (unpaired) electrons. The van der Waals surface area contributed by atoms with E-state index in [4.69, 9.17) is 14.2 Å². The van der Waals surface area contributed by atoms with E-state index in [1.807, 2.05) is 31.2 Å². The number of hydrogen-bond acceptors (Lipinski definition) is 7. The molecule has 39 heavy (non-hydrogen) atoms. The maximum Gasteiger partial charge on any atom is 0.306 e. The second-order valence-corrected chi connectivity index (χ2v) is 12.0. The standard InChI is InChI=1S/C30H32F2N2O4S/c1-17-33-25-10-11-34(15-28(25)39-17)14-23-21-7-9-26(22(21)6-8-24(23)30(2,31)32)38-19-4-5-20-18(12-29(35)36-3)16-37-27(20)13-19/h4-6,8,13,18,26H,7,9-12,14-16H2,1-3H3/t18?,26-/m1/s1. The molecule has 1 aromatic heterocycles. The molecule has 1 aliphatic carbocycles. The minimum atomic E-state index is -2.93. The number of ether oxygens (including phenoxy) is 3. The second kappa shape index (κ2) is 10.2. The van der Waals surface area contributed by atoms with E-state index in [2.05, 4.69) is 9.88 Å². The molecule has 0 fully saturated rings. The van der Waals surface area contributed by atoms with Crippen LogP contribution in [0.4, 0.5) is 8.78 Å². The highest BCUT2D eigenvalue weighted by Crippen LogP contribution is 2.44. The Kier molecular flexibility index (Phi) is 6.83. The third kappa shape index (κ3) is 5.14. The average Bonchev–Trinajstić information content (AvgIpc) is 3.59. The van der Waals surface area contributed by atoms with E-state index in [1.54, 1.807) is 17.4 Å². The van der Waals surface area contributed by atoms with Crippen LogP contribution in [0.25, 0.3) is 0 Å². The number of carbonyl (C=O) groups excluding carboxylic acids is 1. The summed E-state index contributed by atoms with van der Waals surface area (Å²) in [6, 6.07) is 9.11. The van der Waals surface area contributed by atoms with Crippen LogP contribution >= 0.6 is 11.3 Å². The highest BCUT2D eigenvalue weighted by atomic mass is 32.1. The lowest BCUT2D eigenvalue weighted by molar-refractivity contribution is -0.141. The number of carbonyl (C=O) groups is 1. The maximum absolute atomic E-state index is 14.8. The van der Waals surface area contributed by atoms with E-state index in [0.29, 0.717) is 31.1 Å². The molecule has 6 nitrogen and oxygen atoms in total. The molecule has 3 heterocycles. The zero-order valence-electron chi connectivity index (χ0n) is 22.4. The molecule has 206 valence electrons. The van der Waals surface area contributed by atoms with Crippen LogP contribution in [0.2, 0.25) is 0 Å². The fraction of sp³-hybridized carbons (Fsp3) is 0.467. The van der Waals surface area contributed by atoms with Crippen molar-refractivity contribution in [3.63, 3.8) is 0 Å². The lowest BCUT2D eigenvalue weighted by Gasteiger charge is -2.29. The summed E-state index contributed by atoms with van der Waals surface area (Å²) < 4.78 is 46.6. The normalized spacial score (nSPS) is 20.2. The van der Waals surface area contributed by atoms with Crippen LogP contribution in [0.3, 0.4) is 0 Å². The van der Waals surface area contributed by atoms with Crippen LogP contribution in [-0.4, -0.2) is 36.1 Å². The molecule has 2 atom stereocenters. The summed E-state index contributed by atoms with van der Waals surface area (Å²) in [4.78, 5) is 19.9. The van der Waals surface area contributed by atoms with Gasteiger partial charge in [-0.2, -0.15) is 0 Å². The van der Waals surface area contributed by atoms with Gasteiger partial charge in [0, 0.05) is 61.0 Å². The van der Waals surface area contributed by atoms with Gasteiger partial charge in [-0.15, -0.1) is 11.3 Å². The Morgan fingerprint density at radius 2 is 2.05 bits per heavy atom. The number of methoxy groups -OCH3 is 1. The van der Waals surface area contributed by atoms with Crippen molar-refractivity contribution >= 4 is 17.3 Å². The smallest absolute Gasteiger partial charge is 0.306 e. The van der Waals surface area contributed by atoms with Crippen molar-refractivity contribution in [1.82, 2.24) is 9.88 Å². The molecule has 2 aliphatic heterocycles. The maximum atomic E-state index is 14.8. The van der Waals surface area contributed by atoms with Crippen molar-refractivity contribution in [2.24, 2.45) is 0 Å². The van der Waals surface area contributed by atoms with Crippen LogP contribution in [0.5, 0.6) is 11.5 Å². The van der Waals surface area contributed by atoms with Crippen molar-refractivity contribution in [2.45, 2.75) is 70.6 Å². The van der Waals surface area contributed by atoms with E-state index in [-0.39, 0.29) is 30.0 Å². The van der Waals surface area contributed by atoms with Crippen LogP contribution in [0, 0.1) is 6.92 Å². The zero-order valence-corrected chi connectivity index (χ0v) is 23.2. The van der Waals surface area contributed by atoms with Crippen molar-refractivity contribution < 1.29 is 27.8 Å². The van der Waals surface area contributed by atoms with Gasteiger partial charge in [-0.1, -0.05) is 18.2 Å². The lowest BCUT2D eigenvalue weighted by atomic mass is 9.93. The number of rotatable bonds is 7. The summed E-state index contributed by atoms with van der Waals surface area (Å²) in [7, 11) is 1.38. The number of halogens is 2. The first-order chi connectivity index (χ1) is 18.7. The SMILES string of the molecule is COC(=O)CC1COc2cc(O[C@@H]3CCc4c3ccc(C(C)(F)F)c4CN3CCc4nc(C)sc4C3)ccc21. The Labute approximate surface area is 230 Å². The Morgan fingerprint density at radius 3 is 2.85 bits per heavy atom. The minimum absolute atomic E-state index is 0.0369. The van der Waals surface area contributed by atoms with Crippen LogP contribution < -0.4 is 9.47 Å². The molecular weight excluding hydrogens is 522 g/mol. The number of thiazole rings is 1. The highest BCUT2D eigenvalue weighted by Gasteiger charge is 2.35. The molecule has 0 amide bonds. The summed E-state index contributed by atoms with van der Waals surface area (Å²) in [5.74, 6) is -1.85. The highest BCUT2D eigenvalue weighted by molar-refractivity contribution is 7.11. The summed E-state index contributed by atoms with van der Waals surface area (Å²) in [5.41, 5.74) is 4.93. The van der Waals surface area contributed by atoms with E-state index in [1.165, 1.54) is 12.0 Å². The Bertz CT molecular complexity index is 1420. The number of aryl methyl sites for hydroxylation is 1. The average molecular weight is 555 g/mol. The number of alkyl halides is 2. The van der Waals surface area contributed by atoms with Crippen molar-refractivity contribution in [2.75, 3.05) is 20.3 Å². The van der Waals surface area contributed by atoms with Gasteiger partial charge in [0.15, 0.2) is 0 Å². The number of aromatic nitrogens is 1. The molecule has 0 bridgehead atoms. The molecule has 0 saturated heterocycles. The molecular formula is C30H32F2N2O4S. The predicted molar refractivity (Wildman–Crippen MR) is 144 cm³/mol. The molecule has 0 saturated carbocycles. The molecule has 3 aromatic rings. The third-order valence-corrected chi connectivity index (χ3v) is 9.02. The third-order valence-electron chi connectivity index (χ3n) is 8.03. The van der Waals surface area contributed by atoms with Gasteiger partial charge in [0.1, 0.15) is 17.6 Å². The molecule has 9 heteroatoms. The molecule has 1 unspecified atom stereocenters. The first-order valence-corrected chi connectivity index (χ1v) is 14.2. The number of esters is 1. The molecule has 3 aliphatic rings. The van der Waals surface area contributed by atoms with Gasteiger partial charge in [0.2, 0.25) is 0 Å². The van der Waals surface area contributed by atoms with Crippen molar-refractivity contribution in [3.8, 4) is 11.5 Å². The van der Waals surface area contributed by atoms with E-state index in [9.17, 15) is 13.6 Å². The van der Waals surface area contributed by atoms with Gasteiger partial charge < -0.3 is 14.2 Å². The summed E-state index contributed by atoms with van der Waals surface area (Å²) in [6.45, 7) is 5.46. The zero-order chi connectivity index (χ0) is 27.3. The van der Waals surface area contributed by atoms with Gasteiger partial charge in [0.05, 0.1) is 30.8 Å². The van der Waals surface area contributed by atoms with Gasteiger partial charge in [0.25, 0.3) is 5.92 Å². The Morgan fingerprint density at radius 1 is 1.23 bits per heavy atom. The molecule has 2 aromatic carbocycles. The summed E-state index contributed by atoms with van der Waals surface area (Å²) >= 11 is 1.70. The minimum Gasteiger partial charge on any atom is -0.492 e. The summed E-state index contributed by atoms with van der Waals surface area (Å²) in [6.07, 6.45) is 2.32. The second-order valence-electron chi connectivity index (χ2n) is 10.7. The fourth-order valence-electron chi connectivity index (χ4n) is 6.14. The number of benzene rings is 2. The first-order valence-electron chi connectivity index (χ1n) is 13.4. The Balaban J connectivity index is 1.24. The van der Waals surface area contributed by atoms with Gasteiger partial charge in [-0.3, -0.25) is 9.69 Å². The topological polar surface area (TPSA) is 60.9 Å². The first kappa shape index (κ1) is 26.2. The van der Waals surface area contributed by atoms with E-state index in [0.717, 1.165) is 65.8 Å². The summed E-state index contributed by atoms with van der Waals surface area (Å²) in [5, 5.41) is 1.05. The number of hydrogen-bond donors (Lipinski definition) is 0. The molecule has 0 N–H and O–H groups in total. The van der Waals surface area contributed by atoms with Gasteiger partial charge in [-0.25, -0.2) is 13.8 Å². The largest absolute Gasteiger partial charge is 0.492 e. The monoisotopic (exact) mass is 554 g/mol. The van der Waals surface area contributed by atoms with Gasteiger partial charge >= 0.3 is 5.97 Å². The fourth-order valence-corrected chi connectivity index (χ4v) is 7.16. The Hall–Kier alpha value is -3.04. The van der Waals surface area contributed by atoms with Gasteiger partial charge in [-0.05, 0) is 42.5 Å². The number of fused-ring (bicyclic) bond motifs is 3. The van der Waals surface area contributed by atoms with Crippen LogP contribution in [-0.2, 0) is 41.4 Å². The van der Waals surface area contributed by atoms with Crippen molar-refractivity contribution in [3.05, 3.63) is 73.7 Å². The number of nitrogens with zero attached hydrogens (tertiary/aromatic N) is 2.